The lowest BCUT2D eigenvalue weighted by Crippen LogP contribution is -2.52. The molecule has 1 rings (SSSR count). The summed E-state index contributed by atoms with van der Waals surface area (Å²) in [7, 11) is 1.59. The van der Waals surface area contributed by atoms with Crippen LogP contribution >= 0.6 is 0 Å². The van der Waals surface area contributed by atoms with Crippen molar-refractivity contribution in [3.8, 4) is 0 Å². The van der Waals surface area contributed by atoms with Gasteiger partial charge < -0.3 is 15.5 Å². The Morgan fingerprint density at radius 3 is 2.42 bits per heavy atom. The molecule has 2 atom stereocenters. The van der Waals surface area contributed by atoms with Crippen LogP contribution in [-0.2, 0) is 14.4 Å². The van der Waals surface area contributed by atoms with E-state index in [1.807, 2.05) is 0 Å². The molecule has 108 valence electrons. The second-order valence-electron chi connectivity index (χ2n) is 5.99. The molecule has 6 heteroatoms. The van der Waals surface area contributed by atoms with Gasteiger partial charge in [-0.05, 0) is 13.3 Å². The first-order valence-electron chi connectivity index (χ1n) is 6.50. The van der Waals surface area contributed by atoms with E-state index in [0.29, 0.717) is 13.0 Å². The summed E-state index contributed by atoms with van der Waals surface area (Å²) in [5, 5.41) is 5.37. The molecule has 1 aliphatic heterocycles. The van der Waals surface area contributed by atoms with Crippen molar-refractivity contribution in [2.24, 2.45) is 5.41 Å². The summed E-state index contributed by atoms with van der Waals surface area (Å²) >= 11 is 0. The third-order valence-electron chi connectivity index (χ3n) is 3.23. The summed E-state index contributed by atoms with van der Waals surface area (Å²) < 4.78 is 0. The van der Waals surface area contributed by atoms with Gasteiger partial charge in [0.05, 0.1) is 0 Å². The molecule has 0 aromatic rings. The van der Waals surface area contributed by atoms with Gasteiger partial charge in [-0.25, -0.2) is 0 Å². The van der Waals surface area contributed by atoms with E-state index in [4.69, 9.17) is 0 Å². The summed E-state index contributed by atoms with van der Waals surface area (Å²) in [5.41, 5.74) is -0.544. The monoisotopic (exact) mass is 269 g/mol. The van der Waals surface area contributed by atoms with E-state index >= 15 is 0 Å². The summed E-state index contributed by atoms with van der Waals surface area (Å²) in [6.07, 6.45) is 0.612. The highest BCUT2D eigenvalue weighted by molar-refractivity contribution is 5.93. The van der Waals surface area contributed by atoms with Crippen molar-refractivity contribution in [1.82, 2.24) is 15.5 Å². The molecule has 0 spiro atoms. The lowest BCUT2D eigenvalue weighted by Gasteiger charge is -2.27. The molecule has 3 amide bonds. The minimum absolute atomic E-state index is 0.134. The second kappa shape index (κ2) is 5.59. The first kappa shape index (κ1) is 15.5. The van der Waals surface area contributed by atoms with Crippen LogP contribution in [0, 0.1) is 5.41 Å². The predicted octanol–water partition coefficient (Wildman–Crippen LogP) is -0.116. The lowest BCUT2D eigenvalue weighted by atomic mass is 9.95. The van der Waals surface area contributed by atoms with Gasteiger partial charge in [0, 0.05) is 19.0 Å². The molecule has 0 aliphatic carbocycles. The zero-order chi connectivity index (χ0) is 14.8. The van der Waals surface area contributed by atoms with E-state index in [0.717, 1.165) is 0 Å². The van der Waals surface area contributed by atoms with Crippen molar-refractivity contribution in [3.05, 3.63) is 0 Å². The van der Waals surface area contributed by atoms with Crippen molar-refractivity contribution in [2.75, 3.05) is 13.6 Å². The van der Waals surface area contributed by atoms with Gasteiger partial charge in [0.2, 0.25) is 17.7 Å². The fourth-order valence-corrected chi connectivity index (χ4v) is 1.88. The van der Waals surface area contributed by atoms with Crippen LogP contribution in [0.3, 0.4) is 0 Å². The third kappa shape index (κ3) is 3.68. The molecule has 0 bridgehead atoms. The van der Waals surface area contributed by atoms with E-state index in [1.54, 1.807) is 34.7 Å². The average molecular weight is 269 g/mol. The Morgan fingerprint density at radius 1 is 1.42 bits per heavy atom. The van der Waals surface area contributed by atoms with E-state index in [-0.39, 0.29) is 17.7 Å². The molecule has 1 fully saturated rings. The predicted molar refractivity (Wildman–Crippen MR) is 71.2 cm³/mol. The van der Waals surface area contributed by atoms with Crippen molar-refractivity contribution in [2.45, 2.75) is 46.2 Å². The molecule has 0 radical (unpaired) electrons. The zero-order valence-electron chi connectivity index (χ0n) is 12.2. The highest BCUT2D eigenvalue weighted by Crippen LogP contribution is 2.14. The van der Waals surface area contributed by atoms with Gasteiger partial charge in [-0.1, -0.05) is 20.8 Å². The Morgan fingerprint density at radius 2 is 2.00 bits per heavy atom. The van der Waals surface area contributed by atoms with Crippen molar-refractivity contribution in [3.63, 3.8) is 0 Å². The van der Waals surface area contributed by atoms with Gasteiger partial charge in [0.15, 0.2) is 0 Å². The minimum atomic E-state index is -0.634. The van der Waals surface area contributed by atoms with E-state index < -0.39 is 17.5 Å². The van der Waals surface area contributed by atoms with Crippen LogP contribution in [0.25, 0.3) is 0 Å². The van der Waals surface area contributed by atoms with Gasteiger partial charge in [0.1, 0.15) is 12.1 Å². The highest BCUT2D eigenvalue weighted by atomic mass is 16.2. The average Bonchev–Trinajstić information content (AvgIpc) is 2.72. The molecule has 1 saturated heterocycles. The smallest absolute Gasteiger partial charge is 0.245 e. The van der Waals surface area contributed by atoms with Crippen molar-refractivity contribution < 1.29 is 14.4 Å². The number of likely N-dealkylation sites (N-methyl/N-ethyl adjacent to an activating group) is 1. The lowest BCUT2D eigenvalue weighted by molar-refractivity contribution is -0.141. The Bertz CT molecular complexity index is 387. The SMILES string of the molecule is C[C@H](NC(=O)C(C)(C)C)C(=O)N(C)[C@@H]1CCNC1=O. The standard InChI is InChI=1S/C13H23N3O3/c1-8(15-12(19)13(2,3)4)11(18)16(5)9-6-7-14-10(9)17/h8-9H,6-7H2,1-5H3,(H,14,17)(H,15,19)/t8-,9+/m0/s1. The van der Waals surface area contributed by atoms with Gasteiger partial charge in [0.25, 0.3) is 0 Å². The molecule has 1 aliphatic rings. The fraction of sp³-hybridized carbons (Fsp3) is 0.769. The number of nitrogens with zero attached hydrogens (tertiary/aromatic N) is 1. The molecule has 0 aromatic heterocycles. The summed E-state index contributed by atoms with van der Waals surface area (Å²) in [4.78, 5) is 36.9. The maximum absolute atomic E-state index is 12.2. The molecular formula is C13H23N3O3. The van der Waals surface area contributed by atoms with Crippen LogP contribution in [0.1, 0.15) is 34.1 Å². The maximum atomic E-state index is 12.2. The van der Waals surface area contributed by atoms with Gasteiger partial charge in [-0.2, -0.15) is 0 Å². The number of carbonyl (C=O) groups is 3. The molecule has 0 saturated carbocycles. The van der Waals surface area contributed by atoms with Crippen LogP contribution in [0.4, 0.5) is 0 Å². The Hall–Kier alpha value is -1.59. The van der Waals surface area contributed by atoms with Crippen LogP contribution in [0.5, 0.6) is 0 Å². The van der Waals surface area contributed by atoms with Crippen LogP contribution < -0.4 is 10.6 Å². The van der Waals surface area contributed by atoms with Crippen molar-refractivity contribution in [1.29, 1.82) is 0 Å². The normalized spacial score (nSPS) is 20.7. The van der Waals surface area contributed by atoms with E-state index in [2.05, 4.69) is 10.6 Å². The highest BCUT2D eigenvalue weighted by Gasteiger charge is 2.34. The molecule has 1 heterocycles. The zero-order valence-corrected chi connectivity index (χ0v) is 12.2. The summed E-state index contributed by atoms with van der Waals surface area (Å²) in [6, 6.07) is -1.06. The van der Waals surface area contributed by atoms with Crippen LogP contribution in [0.15, 0.2) is 0 Å². The first-order valence-corrected chi connectivity index (χ1v) is 6.50. The van der Waals surface area contributed by atoms with Gasteiger partial charge >= 0.3 is 0 Å². The topological polar surface area (TPSA) is 78.5 Å². The van der Waals surface area contributed by atoms with E-state index in [1.165, 1.54) is 4.90 Å². The van der Waals surface area contributed by atoms with Crippen LogP contribution in [-0.4, -0.2) is 48.3 Å². The number of carbonyl (C=O) groups excluding carboxylic acids is 3. The quantitative estimate of drug-likeness (QED) is 0.750. The maximum Gasteiger partial charge on any atom is 0.245 e. The van der Waals surface area contributed by atoms with Gasteiger partial charge in [-0.3, -0.25) is 14.4 Å². The van der Waals surface area contributed by atoms with E-state index in [9.17, 15) is 14.4 Å². The van der Waals surface area contributed by atoms with Crippen molar-refractivity contribution >= 4 is 17.7 Å². The summed E-state index contributed by atoms with van der Waals surface area (Å²) in [5.74, 6) is -0.567. The van der Waals surface area contributed by atoms with Crippen LogP contribution in [0.2, 0.25) is 0 Å². The molecule has 19 heavy (non-hydrogen) atoms. The number of nitrogens with one attached hydrogen (secondary N) is 2. The Balaban J connectivity index is 2.62. The van der Waals surface area contributed by atoms with Gasteiger partial charge in [-0.15, -0.1) is 0 Å². The number of hydrogen-bond donors (Lipinski definition) is 2. The largest absolute Gasteiger partial charge is 0.354 e. The first-order chi connectivity index (χ1) is 8.64. The third-order valence-corrected chi connectivity index (χ3v) is 3.23. The fourth-order valence-electron chi connectivity index (χ4n) is 1.88. The number of amides is 3. The number of hydrogen-bond acceptors (Lipinski definition) is 3. The summed E-state index contributed by atoms with van der Waals surface area (Å²) in [6.45, 7) is 7.58. The number of rotatable bonds is 3. The second-order valence-corrected chi connectivity index (χ2v) is 5.99. The Labute approximate surface area is 113 Å². The minimum Gasteiger partial charge on any atom is -0.354 e. The molecule has 0 unspecified atom stereocenters. The molecule has 0 aromatic carbocycles. The molecule has 2 N–H and O–H groups in total. The molecular weight excluding hydrogens is 246 g/mol. The molecule has 6 nitrogen and oxygen atoms in total. The Kier molecular flexibility index (Phi) is 4.55.